The van der Waals surface area contributed by atoms with Gasteiger partial charge in [-0.25, -0.2) is 0 Å². The molecule has 0 fully saturated rings. The van der Waals surface area contributed by atoms with Crippen molar-refractivity contribution in [3.8, 4) is 0 Å². The fourth-order valence-electron chi connectivity index (χ4n) is 1.24. The summed E-state index contributed by atoms with van der Waals surface area (Å²) in [5.74, 6) is 0. The lowest BCUT2D eigenvalue weighted by Gasteiger charge is -1.97. The number of fused-ring (bicyclic) bond motifs is 1. The number of hydrogen-bond donors (Lipinski definition) is 1. The molecule has 66 valence electrons. The van der Waals surface area contributed by atoms with Gasteiger partial charge in [0.05, 0.1) is 5.69 Å². The minimum absolute atomic E-state index is 0.720. The van der Waals surface area contributed by atoms with Gasteiger partial charge in [0.1, 0.15) is 0 Å². The second kappa shape index (κ2) is 3.26. The third-order valence-electron chi connectivity index (χ3n) is 1.86. The lowest BCUT2D eigenvalue weighted by molar-refractivity contribution is 0.112. The van der Waals surface area contributed by atoms with Crippen LogP contribution in [-0.2, 0) is 0 Å². The number of nitrogens with two attached hydrogens (primary N) is 1. The summed E-state index contributed by atoms with van der Waals surface area (Å²) in [6.07, 6.45) is 0.869. The molecule has 0 amide bonds. The fraction of sp³-hybridized carbons (Fsp3) is 0. The monoisotopic (exact) mass is 303 g/mol. The first kappa shape index (κ1) is 8.96. The van der Waals surface area contributed by atoms with Crippen LogP contribution in [0.1, 0.15) is 10.4 Å². The lowest BCUT2D eigenvalue weighted by atomic mass is 10.2. The normalized spacial score (nSPS) is 10.5. The van der Waals surface area contributed by atoms with Gasteiger partial charge >= 0.3 is 0 Å². The number of rotatable bonds is 1. The molecule has 2 nitrogen and oxygen atoms in total. The van der Waals surface area contributed by atoms with E-state index in [0.29, 0.717) is 0 Å². The Kier molecular flexibility index (Phi) is 2.25. The van der Waals surface area contributed by atoms with Gasteiger partial charge in [0.15, 0.2) is 6.29 Å². The van der Waals surface area contributed by atoms with E-state index in [1.54, 1.807) is 0 Å². The van der Waals surface area contributed by atoms with Crippen molar-refractivity contribution in [2.24, 2.45) is 0 Å². The van der Waals surface area contributed by atoms with E-state index in [9.17, 15) is 4.79 Å². The van der Waals surface area contributed by atoms with E-state index in [1.165, 1.54) is 11.3 Å². The van der Waals surface area contributed by atoms with Crippen LogP contribution in [0.5, 0.6) is 0 Å². The molecule has 0 radical (unpaired) electrons. The quantitative estimate of drug-likeness (QED) is 0.650. The van der Waals surface area contributed by atoms with Crippen molar-refractivity contribution in [1.82, 2.24) is 0 Å². The third-order valence-corrected chi connectivity index (χ3v) is 3.80. The van der Waals surface area contributed by atoms with Crippen LogP contribution in [0.3, 0.4) is 0 Å². The van der Waals surface area contributed by atoms with Crippen molar-refractivity contribution in [1.29, 1.82) is 0 Å². The molecule has 0 saturated heterocycles. The van der Waals surface area contributed by atoms with Crippen LogP contribution >= 0.6 is 33.9 Å². The molecule has 2 rings (SSSR count). The molecule has 13 heavy (non-hydrogen) atoms. The molecule has 0 atom stereocenters. The molecule has 0 aliphatic rings. The lowest BCUT2D eigenvalue weighted by Crippen LogP contribution is -1.86. The summed E-state index contributed by atoms with van der Waals surface area (Å²) in [4.78, 5) is 10.7. The predicted molar refractivity (Wildman–Crippen MR) is 64.3 cm³/mol. The molecule has 0 spiro atoms. The number of carbonyl (C=O) groups is 1. The van der Waals surface area contributed by atoms with Gasteiger partial charge < -0.3 is 5.73 Å². The maximum absolute atomic E-state index is 10.7. The van der Waals surface area contributed by atoms with Gasteiger partial charge in [-0.05, 0) is 34.7 Å². The number of aldehydes is 1. The Balaban J connectivity index is 2.95. The topological polar surface area (TPSA) is 43.1 Å². The number of thiophene rings is 1. The minimum atomic E-state index is 0.720. The first-order valence-corrected chi connectivity index (χ1v) is 5.60. The minimum Gasteiger partial charge on any atom is -0.398 e. The second-order valence-corrected chi connectivity index (χ2v) is 4.69. The second-order valence-electron chi connectivity index (χ2n) is 2.65. The van der Waals surface area contributed by atoms with Gasteiger partial charge in [-0.15, -0.1) is 11.3 Å². The van der Waals surface area contributed by atoms with Crippen LogP contribution < -0.4 is 5.73 Å². The van der Waals surface area contributed by atoms with E-state index in [1.807, 2.05) is 17.5 Å². The van der Waals surface area contributed by atoms with Crippen molar-refractivity contribution in [3.63, 3.8) is 0 Å². The van der Waals surface area contributed by atoms with E-state index >= 15 is 0 Å². The van der Waals surface area contributed by atoms with Crippen molar-refractivity contribution in [3.05, 3.63) is 26.6 Å². The average Bonchev–Trinajstić information content (AvgIpc) is 2.50. The molecular formula is C9H6INOS. The van der Waals surface area contributed by atoms with Gasteiger partial charge in [0.25, 0.3) is 0 Å². The molecule has 2 N–H and O–H groups in total. The van der Waals surface area contributed by atoms with Crippen LogP contribution in [0.2, 0.25) is 0 Å². The maximum Gasteiger partial charge on any atom is 0.151 e. The Labute approximate surface area is 92.9 Å². The molecule has 0 aliphatic carbocycles. The predicted octanol–water partition coefficient (Wildman–Crippen LogP) is 2.90. The zero-order valence-electron chi connectivity index (χ0n) is 6.58. The Hall–Kier alpha value is -0.620. The Morgan fingerprint density at radius 3 is 2.92 bits per heavy atom. The standard InChI is InChI=1S/C9H6INOS/c10-6-2-1-5(3-12)9-8(6)7(11)4-13-9/h1-4H,11H2. The number of benzene rings is 1. The molecule has 1 heterocycles. The molecule has 1 aromatic carbocycles. The van der Waals surface area contributed by atoms with Crippen molar-refractivity contribution in [2.45, 2.75) is 0 Å². The zero-order chi connectivity index (χ0) is 9.42. The molecule has 1 aromatic heterocycles. The molecule has 0 saturated carbocycles. The SMILES string of the molecule is Nc1csc2c(C=O)ccc(I)c12. The average molecular weight is 303 g/mol. The van der Waals surface area contributed by atoms with E-state index in [2.05, 4.69) is 22.6 Å². The molecule has 0 aliphatic heterocycles. The first-order valence-electron chi connectivity index (χ1n) is 3.64. The highest BCUT2D eigenvalue weighted by molar-refractivity contribution is 14.1. The van der Waals surface area contributed by atoms with Crippen LogP contribution in [-0.4, -0.2) is 6.29 Å². The van der Waals surface area contributed by atoms with Gasteiger partial charge in [0, 0.05) is 24.6 Å². The van der Waals surface area contributed by atoms with Crippen LogP contribution in [0, 0.1) is 3.57 Å². The molecule has 2 aromatic rings. The molecule has 4 heteroatoms. The summed E-state index contributed by atoms with van der Waals surface area (Å²) in [6, 6.07) is 3.74. The van der Waals surface area contributed by atoms with Gasteiger partial charge in [0.2, 0.25) is 0 Å². The van der Waals surface area contributed by atoms with Crippen molar-refractivity contribution < 1.29 is 4.79 Å². The Morgan fingerprint density at radius 1 is 1.46 bits per heavy atom. The molecular weight excluding hydrogens is 297 g/mol. The maximum atomic E-state index is 10.7. The summed E-state index contributed by atoms with van der Waals surface area (Å²) in [5, 5.41) is 2.88. The van der Waals surface area contributed by atoms with Crippen LogP contribution in [0.4, 0.5) is 5.69 Å². The van der Waals surface area contributed by atoms with Crippen LogP contribution in [0.25, 0.3) is 10.1 Å². The molecule has 0 bridgehead atoms. The Morgan fingerprint density at radius 2 is 2.23 bits per heavy atom. The fourth-order valence-corrected chi connectivity index (χ4v) is 3.15. The first-order chi connectivity index (χ1) is 6.24. The highest BCUT2D eigenvalue weighted by Gasteiger charge is 2.08. The van der Waals surface area contributed by atoms with E-state index in [0.717, 1.165) is 31.2 Å². The number of anilines is 1. The number of carbonyl (C=O) groups excluding carboxylic acids is 1. The van der Waals surface area contributed by atoms with Gasteiger partial charge in [-0.1, -0.05) is 0 Å². The summed E-state index contributed by atoms with van der Waals surface area (Å²) >= 11 is 3.74. The Bertz CT molecular complexity index is 478. The van der Waals surface area contributed by atoms with E-state index in [4.69, 9.17) is 5.73 Å². The van der Waals surface area contributed by atoms with Gasteiger partial charge in [-0.2, -0.15) is 0 Å². The van der Waals surface area contributed by atoms with E-state index in [-0.39, 0.29) is 0 Å². The number of nitrogen functional groups attached to an aromatic ring is 1. The van der Waals surface area contributed by atoms with Crippen LogP contribution in [0.15, 0.2) is 17.5 Å². The molecule has 0 unspecified atom stereocenters. The summed E-state index contributed by atoms with van der Waals surface area (Å²) in [5.41, 5.74) is 7.27. The third kappa shape index (κ3) is 1.34. The van der Waals surface area contributed by atoms with Gasteiger partial charge in [-0.3, -0.25) is 4.79 Å². The highest BCUT2D eigenvalue weighted by atomic mass is 127. The summed E-state index contributed by atoms with van der Waals surface area (Å²) < 4.78 is 2.08. The largest absolute Gasteiger partial charge is 0.398 e. The highest BCUT2D eigenvalue weighted by Crippen LogP contribution is 2.33. The zero-order valence-corrected chi connectivity index (χ0v) is 9.56. The van der Waals surface area contributed by atoms with Crippen molar-refractivity contribution >= 4 is 56.0 Å². The smallest absolute Gasteiger partial charge is 0.151 e. The van der Waals surface area contributed by atoms with E-state index < -0.39 is 0 Å². The summed E-state index contributed by atoms with van der Waals surface area (Å²) in [6.45, 7) is 0. The number of hydrogen-bond acceptors (Lipinski definition) is 3. The summed E-state index contributed by atoms with van der Waals surface area (Å²) in [7, 11) is 0. The van der Waals surface area contributed by atoms with Crippen molar-refractivity contribution in [2.75, 3.05) is 5.73 Å². The number of halogens is 1.